The third-order valence-electron chi connectivity index (χ3n) is 3.01. The van der Waals surface area contributed by atoms with Gasteiger partial charge in [-0.15, -0.1) is 0 Å². The molecule has 0 aromatic heterocycles. The van der Waals surface area contributed by atoms with Crippen molar-refractivity contribution < 1.29 is 9.90 Å². The number of phenolic OH excluding ortho intramolecular Hbond substituents is 1. The fraction of sp³-hybridized carbons (Fsp3) is 0.500. The van der Waals surface area contributed by atoms with E-state index in [9.17, 15) is 9.90 Å². The van der Waals surface area contributed by atoms with E-state index in [4.69, 9.17) is 5.73 Å². The van der Waals surface area contributed by atoms with Crippen molar-refractivity contribution in [1.29, 1.82) is 0 Å². The van der Waals surface area contributed by atoms with E-state index in [1.165, 1.54) is 0 Å². The minimum absolute atomic E-state index is 0.170. The summed E-state index contributed by atoms with van der Waals surface area (Å²) in [5, 5.41) is 12.4. The second kappa shape index (κ2) is 6.40. The number of benzene rings is 1. The predicted octanol–water partition coefficient (Wildman–Crippen LogP) is 2.47. The summed E-state index contributed by atoms with van der Waals surface area (Å²) in [6, 6.07) is 2.93. The summed E-state index contributed by atoms with van der Waals surface area (Å²) in [4.78, 5) is 11.9. The van der Waals surface area contributed by atoms with Crippen LogP contribution < -0.4 is 11.1 Å². The summed E-state index contributed by atoms with van der Waals surface area (Å²) in [6.45, 7) is 5.70. The van der Waals surface area contributed by atoms with Crippen molar-refractivity contribution in [3.63, 3.8) is 0 Å². The topological polar surface area (TPSA) is 75.4 Å². The number of hydrogen-bond acceptors (Lipinski definition) is 3. The van der Waals surface area contributed by atoms with Crippen molar-refractivity contribution in [1.82, 2.24) is 0 Å². The quantitative estimate of drug-likeness (QED) is 0.703. The van der Waals surface area contributed by atoms with Crippen LogP contribution in [0, 0.1) is 13.8 Å². The van der Waals surface area contributed by atoms with Crippen LogP contribution in [0.1, 0.15) is 37.3 Å². The number of hydrogen-bond donors (Lipinski definition) is 3. The number of amides is 1. The molecule has 1 amide bonds. The first-order chi connectivity index (χ1) is 8.45. The third-order valence-corrected chi connectivity index (χ3v) is 3.01. The van der Waals surface area contributed by atoms with E-state index in [1.54, 1.807) is 19.1 Å². The summed E-state index contributed by atoms with van der Waals surface area (Å²) >= 11 is 0. The summed E-state index contributed by atoms with van der Waals surface area (Å²) in [5.41, 5.74) is 8.08. The van der Waals surface area contributed by atoms with Gasteiger partial charge in [0.15, 0.2) is 0 Å². The molecule has 0 saturated carbocycles. The Bertz CT molecular complexity index is 430. The zero-order valence-electron chi connectivity index (χ0n) is 11.3. The van der Waals surface area contributed by atoms with E-state index >= 15 is 0 Å². The molecule has 0 aliphatic carbocycles. The van der Waals surface area contributed by atoms with Crippen molar-refractivity contribution in [2.75, 3.05) is 5.32 Å². The Kier molecular flexibility index (Phi) is 5.16. The maximum atomic E-state index is 11.9. The van der Waals surface area contributed by atoms with Crippen molar-refractivity contribution in [2.45, 2.75) is 46.1 Å². The van der Waals surface area contributed by atoms with Crippen LogP contribution in [0.5, 0.6) is 5.75 Å². The number of phenols is 1. The van der Waals surface area contributed by atoms with E-state index in [-0.39, 0.29) is 11.7 Å². The van der Waals surface area contributed by atoms with Crippen molar-refractivity contribution in [3.8, 4) is 5.75 Å². The average Bonchev–Trinajstić information content (AvgIpc) is 2.32. The fourth-order valence-electron chi connectivity index (χ4n) is 1.72. The van der Waals surface area contributed by atoms with Crippen LogP contribution in [0.2, 0.25) is 0 Å². The molecule has 4 heteroatoms. The number of aromatic hydroxyl groups is 1. The molecule has 0 aliphatic heterocycles. The number of anilines is 1. The van der Waals surface area contributed by atoms with E-state index < -0.39 is 6.04 Å². The highest BCUT2D eigenvalue weighted by molar-refractivity contribution is 5.95. The lowest BCUT2D eigenvalue weighted by atomic mass is 10.1. The second-order valence-electron chi connectivity index (χ2n) is 4.69. The lowest BCUT2D eigenvalue weighted by Crippen LogP contribution is -2.35. The zero-order chi connectivity index (χ0) is 13.7. The van der Waals surface area contributed by atoms with Crippen molar-refractivity contribution >= 4 is 11.6 Å². The van der Waals surface area contributed by atoms with Gasteiger partial charge < -0.3 is 16.2 Å². The molecule has 0 saturated heterocycles. The molecule has 1 aromatic rings. The van der Waals surface area contributed by atoms with Crippen LogP contribution in [0.25, 0.3) is 0 Å². The van der Waals surface area contributed by atoms with Gasteiger partial charge in [0.1, 0.15) is 5.75 Å². The van der Waals surface area contributed by atoms with Crippen LogP contribution in [0.15, 0.2) is 12.1 Å². The number of nitrogens with two attached hydrogens (primary N) is 1. The first kappa shape index (κ1) is 14.5. The normalized spacial score (nSPS) is 12.2. The van der Waals surface area contributed by atoms with Gasteiger partial charge in [-0.25, -0.2) is 0 Å². The lowest BCUT2D eigenvalue weighted by Gasteiger charge is -2.14. The third kappa shape index (κ3) is 3.74. The molecular weight excluding hydrogens is 228 g/mol. The van der Waals surface area contributed by atoms with Crippen LogP contribution in [0.3, 0.4) is 0 Å². The molecular formula is C14H22N2O2. The first-order valence-electron chi connectivity index (χ1n) is 6.32. The highest BCUT2D eigenvalue weighted by Gasteiger charge is 2.14. The van der Waals surface area contributed by atoms with Gasteiger partial charge in [-0.05, 0) is 43.5 Å². The molecule has 0 spiro atoms. The first-order valence-corrected chi connectivity index (χ1v) is 6.32. The predicted molar refractivity (Wildman–Crippen MR) is 73.7 cm³/mol. The van der Waals surface area contributed by atoms with Gasteiger partial charge in [0.25, 0.3) is 0 Å². The van der Waals surface area contributed by atoms with Crippen molar-refractivity contribution in [2.24, 2.45) is 5.73 Å². The van der Waals surface area contributed by atoms with Crippen molar-refractivity contribution in [3.05, 3.63) is 23.3 Å². The van der Waals surface area contributed by atoms with Crippen LogP contribution >= 0.6 is 0 Å². The van der Waals surface area contributed by atoms with Gasteiger partial charge in [0.05, 0.1) is 6.04 Å². The molecule has 0 bridgehead atoms. The van der Waals surface area contributed by atoms with Gasteiger partial charge in [-0.3, -0.25) is 4.79 Å². The van der Waals surface area contributed by atoms with E-state index in [0.717, 1.165) is 24.0 Å². The Morgan fingerprint density at radius 3 is 2.67 bits per heavy atom. The Labute approximate surface area is 108 Å². The number of nitrogens with one attached hydrogen (secondary N) is 1. The van der Waals surface area contributed by atoms with Gasteiger partial charge >= 0.3 is 0 Å². The average molecular weight is 250 g/mol. The van der Waals surface area contributed by atoms with Gasteiger partial charge in [0.2, 0.25) is 5.91 Å². The molecule has 0 heterocycles. The molecule has 1 aromatic carbocycles. The monoisotopic (exact) mass is 250 g/mol. The molecule has 18 heavy (non-hydrogen) atoms. The zero-order valence-corrected chi connectivity index (χ0v) is 11.3. The summed E-state index contributed by atoms with van der Waals surface area (Å²) in [5.74, 6) is 0.0671. The molecule has 1 rings (SSSR count). The maximum absolute atomic E-state index is 11.9. The molecule has 4 nitrogen and oxygen atoms in total. The minimum atomic E-state index is -0.474. The SMILES string of the molecule is CCCC[C@H](N)C(=O)Nc1cc(C)c(O)cc1C. The molecule has 4 N–H and O–H groups in total. The van der Waals surface area contributed by atoms with Crippen LogP contribution in [0.4, 0.5) is 5.69 Å². The number of carbonyl (C=O) groups is 1. The van der Waals surface area contributed by atoms with Gasteiger partial charge in [-0.2, -0.15) is 0 Å². The van der Waals surface area contributed by atoms with Crippen LogP contribution in [-0.2, 0) is 4.79 Å². The van der Waals surface area contributed by atoms with Crippen LogP contribution in [-0.4, -0.2) is 17.1 Å². The Hall–Kier alpha value is -1.55. The highest BCUT2D eigenvalue weighted by atomic mass is 16.3. The number of carbonyl (C=O) groups excluding carboxylic acids is 1. The largest absolute Gasteiger partial charge is 0.508 e. The molecule has 0 fully saturated rings. The minimum Gasteiger partial charge on any atom is -0.508 e. The van der Waals surface area contributed by atoms with Gasteiger partial charge in [0, 0.05) is 5.69 Å². The molecule has 1 atom stereocenters. The summed E-state index contributed by atoms with van der Waals surface area (Å²) < 4.78 is 0. The number of aryl methyl sites for hydroxylation is 2. The summed E-state index contributed by atoms with van der Waals surface area (Å²) in [6.07, 6.45) is 2.67. The Balaban J connectivity index is 2.72. The Morgan fingerprint density at radius 1 is 1.39 bits per heavy atom. The molecule has 0 aliphatic rings. The maximum Gasteiger partial charge on any atom is 0.241 e. The standard InChI is InChI=1S/C14H22N2O2/c1-4-5-6-11(15)14(18)16-12-7-10(3)13(17)8-9(12)2/h7-8,11,17H,4-6,15H2,1-3H3,(H,16,18)/t11-/m0/s1. The smallest absolute Gasteiger partial charge is 0.241 e. The second-order valence-corrected chi connectivity index (χ2v) is 4.69. The molecule has 0 radical (unpaired) electrons. The van der Waals surface area contributed by atoms with E-state index in [0.29, 0.717) is 12.1 Å². The van der Waals surface area contributed by atoms with Gasteiger partial charge in [-0.1, -0.05) is 19.8 Å². The molecule has 0 unspecified atom stereocenters. The Morgan fingerprint density at radius 2 is 2.06 bits per heavy atom. The van der Waals surface area contributed by atoms with E-state index in [1.807, 2.05) is 6.92 Å². The lowest BCUT2D eigenvalue weighted by molar-refractivity contribution is -0.117. The fourth-order valence-corrected chi connectivity index (χ4v) is 1.72. The summed E-state index contributed by atoms with van der Waals surface area (Å²) in [7, 11) is 0. The molecule has 100 valence electrons. The highest BCUT2D eigenvalue weighted by Crippen LogP contribution is 2.25. The number of unbranched alkanes of at least 4 members (excludes halogenated alkanes) is 1. The number of rotatable bonds is 5. The van der Waals surface area contributed by atoms with E-state index in [2.05, 4.69) is 12.2 Å².